The van der Waals surface area contributed by atoms with Crippen LogP contribution in [0.5, 0.6) is 0 Å². The van der Waals surface area contributed by atoms with Gasteiger partial charge in [0.1, 0.15) is 17.1 Å². The summed E-state index contributed by atoms with van der Waals surface area (Å²) in [4.78, 5) is 24.7. The van der Waals surface area contributed by atoms with Gasteiger partial charge in [-0.2, -0.15) is 0 Å². The summed E-state index contributed by atoms with van der Waals surface area (Å²) in [6, 6.07) is 0. The third-order valence-corrected chi connectivity index (χ3v) is 3.44. The van der Waals surface area contributed by atoms with Gasteiger partial charge in [0.05, 0.1) is 5.56 Å². The number of hydrogen-bond acceptors (Lipinski definition) is 3. The summed E-state index contributed by atoms with van der Waals surface area (Å²) in [6.07, 6.45) is 0. The van der Waals surface area contributed by atoms with Crippen LogP contribution in [-0.2, 0) is 4.79 Å². The number of furan rings is 1. The Morgan fingerprint density at radius 3 is 2.00 bits per heavy atom. The van der Waals surface area contributed by atoms with Crippen LogP contribution in [0.3, 0.4) is 0 Å². The van der Waals surface area contributed by atoms with Crippen molar-refractivity contribution in [3.05, 3.63) is 22.6 Å². The van der Waals surface area contributed by atoms with Crippen molar-refractivity contribution in [3.63, 3.8) is 0 Å². The molecule has 0 saturated carbocycles. The molecule has 1 N–H and O–H groups in total. The van der Waals surface area contributed by atoms with E-state index in [2.05, 4.69) is 0 Å². The normalized spacial score (nSPS) is 11.4. The molecular weight excluding hydrogens is 234 g/mol. The molecule has 0 bridgehead atoms. The largest absolute Gasteiger partial charge is 0.480 e. The second-order valence-corrected chi connectivity index (χ2v) is 4.94. The van der Waals surface area contributed by atoms with Crippen molar-refractivity contribution in [1.82, 2.24) is 4.90 Å². The highest BCUT2D eigenvalue weighted by molar-refractivity contribution is 5.99. The van der Waals surface area contributed by atoms with Crippen LogP contribution in [0.15, 0.2) is 4.42 Å². The van der Waals surface area contributed by atoms with Crippen molar-refractivity contribution in [2.75, 3.05) is 7.05 Å². The number of amides is 1. The standard InChI is InChI=1S/C13H19NO4/c1-7-8(2)18-9(3)10(7)11(15)14(6)13(4,5)12(16)17/h1-6H3,(H,16,17). The van der Waals surface area contributed by atoms with Gasteiger partial charge >= 0.3 is 5.97 Å². The zero-order chi connectivity index (χ0) is 14.2. The van der Waals surface area contributed by atoms with Gasteiger partial charge in [0.2, 0.25) is 0 Å². The number of carboxylic acid groups (broad SMARTS) is 1. The topological polar surface area (TPSA) is 70.8 Å². The van der Waals surface area contributed by atoms with E-state index in [9.17, 15) is 9.59 Å². The number of carboxylic acids is 1. The van der Waals surface area contributed by atoms with Crippen LogP contribution in [0.25, 0.3) is 0 Å². The number of likely N-dealkylation sites (N-methyl/N-ethyl adjacent to an activating group) is 1. The van der Waals surface area contributed by atoms with E-state index < -0.39 is 11.5 Å². The Hall–Kier alpha value is -1.78. The van der Waals surface area contributed by atoms with Crippen LogP contribution in [0, 0.1) is 20.8 Å². The smallest absolute Gasteiger partial charge is 0.329 e. The minimum Gasteiger partial charge on any atom is -0.480 e. The van der Waals surface area contributed by atoms with Gasteiger partial charge in [0, 0.05) is 12.6 Å². The molecule has 0 radical (unpaired) electrons. The Morgan fingerprint density at radius 1 is 1.17 bits per heavy atom. The summed E-state index contributed by atoms with van der Waals surface area (Å²) >= 11 is 0. The Kier molecular flexibility index (Phi) is 3.55. The second kappa shape index (κ2) is 4.48. The fourth-order valence-corrected chi connectivity index (χ4v) is 1.67. The van der Waals surface area contributed by atoms with Crippen LogP contribution in [0.2, 0.25) is 0 Å². The van der Waals surface area contributed by atoms with Crippen LogP contribution < -0.4 is 0 Å². The maximum Gasteiger partial charge on any atom is 0.329 e. The number of carbonyl (C=O) groups excluding carboxylic acids is 1. The van der Waals surface area contributed by atoms with Gasteiger partial charge in [0.25, 0.3) is 5.91 Å². The number of rotatable bonds is 3. The summed E-state index contributed by atoms with van der Waals surface area (Å²) in [5, 5.41) is 9.13. The van der Waals surface area contributed by atoms with Gasteiger partial charge in [-0.05, 0) is 34.6 Å². The molecule has 0 unspecified atom stereocenters. The number of aliphatic carboxylic acids is 1. The number of aryl methyl sites for hydroxylation is 2. The van der Waals surface area contributed by atoms with Crippen LogP contribution in [0.4, 0.5) is 0 Å². The molecule has 0 aromatic carbocycles. The molecule has 0 saturated heterocycles. The monoisotopic (exact) mass is 253 g/mol. The lowest BCUT2D eigenvalue weighted by molar-refractivity contribution is -0.147. The fourth-order valence-electron chi connectivity index (χ4n) is 1.67. The van der Waals surface area contributed by atoms with Crippen LogP contribution >= 0.6 is 0 Å². The summed E-state index contributed by atoms with van der Waals surface area (Å²) in [5.74, 6) is -0.191. The van der Waals surface area contributed by atoms with Gasteiger partial charge in [-0.25, -0.2) is 4.79 Å². The van der Waals surface area contributed by atoms with Crippen molar-refractivity contribution in [2.24, 2.45) is 0 Å². The minimum absolute atomic E-state index is 0.339. The van der Waals surface area contributed by atoms with Gasteiger partial charge in [-0.3, -0.25) is 4.79 Å². The summed E-state index contributed by atoms with van der Waals surface area (Å²) in [7, 11) is 1.48. The number of carbonyl (C=O) groups is 2. The van der Waals surface area contributed by atoms with Gasteiger partial charge in [-0.1, -0.05) is 0 Å². The average Bonchev–Trinajstić information content (AvgIpc) is 2.51. The molecule has 0 aliphatic carbocycles. The van der Waals surface area contributed by atoms with E-state index in [0.29, 0.717) is 17.1 Å². The van der Waals surface area contributed by atoms with E-state index in [1.54, 1.807) is 20.8 Å². The van der Waals surface area contributed by atoms with Gasteiger partial charge in [0.15, 0.2) is 0 Å². The van der Waals surface area contributed by atoms with Gasteiger partial charge in [-0.15, -0.1) is 0 Å². The highest BCUT2D eigenvalue weighted by atomic mass is 16.4. The lowest BCUT2D eigenvalue weighted by atomic mass is 10.0. The fraction of sp³-hybridized carbons (Fsp3) is 0.538. The first-order valence-corrected chi connectivity index (χ1v) is 5.68. The van der Waals surface area contributed by atoms with Gasteiger partial charge < -0.3 is 14.4 Å². The minimum atomic E-state index is -1.26. The summed E-state index contributed by atoms with van der Waals surface area (Å²) < 4.78 is 5.39. The average molecular weight is 253 g/mol. The second-order valence-electron chi connectivity index (χ2n) is 4.94. The lowest BCUT2D eigenvalue weighted by Gasteiger charge is -2.31. The zero-order valence-corrected chi connectivity index (χ0v) is 11.6. The van der Waals surface area contributed by atoms with Crippen LogP contribution in [-0.4, -0.2) is 34.5 Å². The van der Waals surface area contributed by atoms with Crippen molar-refractivity contribution in [3.8, 4) is 0 Å². The third-order valence-electron chi connectivity index (χ3n) is 3.44. The van der Waals surface area contributed by atoms with E-state index in [4.69, 9.17) is 9.52 Å². The molecule has 100 valence electrons. The predicted molar refractivity (Wildman–Crippen MR) is 66.7 cm³/mol. The molecule has 0 spiro atoms. The molecule has 5 nitrogen and oxygen atoms in total. The maximum absolute atomic E-state index is 12.4. The summed E-state index contributed by atoms with van der Waals surface area (Å²) in [6.45, 7) is 8.26. The number of nitrogens with zero attached hydrogens (tertiary/aromatic N) is 1. The lowest BCUT2D eigenvalue weighted by Crippen LogP contribution is -2.50. The van der Waals surface area contributed by atoms with E-state index in [1.807, 2.05) is 0 Å². The Bertz CT molecular complexity index is 499. The van der Waals surface area contributed by atoms with E-state index >= 15 is 0 Å². The summed E-state index contributed by atoms with van der Waals surface area (Å²) in [5.41, 5.74) is -0.0592. The van der Waals surface area contributed by atoms with Crippen LogP contribution in [0.1, 0.15) is 41.3 Å². The van der Waals surface area contributed by atoms with Crippen molar-refractivity contribution >= 4 is 11.9 Å². The molecular formula is C13H19NO4. The van der Waals surface area contributed by atoms with Crippen molar-refractivity contribution in [2.45, 2.75) is 40.2 Å². The molecule has 1 amide bonds. The molecule has 0 aliphatic heterocycles. The Balaban J connectivity index is 3.20. The van der Waals surface area contributed by atoms with E-state index in [0.717, 1.165) is 5.56 Å². The molecule has 5 heteroatoms. The van der Waals surface area contributed by atoms with Crippen molar-refractivity contribution < 1.29 is 19.1 Å². The first-order chi connectivity index (χ1) is 8.10. The molecule has 0 atom stereocenters. The SMILES string of the molecule is Cc1oc(C)c(C(=O)N(C)C(C)(C)C(=O)O)c1C. The third kappa shape index (κ3) is 2.12. The van der Waals surface area contributed by atoms with E-state index in [-0.39, 0.29) is 5.91 Å². The Labute approximate surface area is 106 Å². The molecule has 0 aliphatic rings. The number of hydrogen-bond donors (Lipinski definition) is 1. The predicted octanol–water partition coefficient (Wildman–Crippen LogP) is 2.14. The molecule has 1 aromatic heterocycles. The van der Waals surface area contributed by atoms with E-state index in [1.165, 1.54) is 25.8 Å². The molecule has 1 aromatic rings. The highest BCUT2D eigenvalue weighted by Gasteiger charge is 2.37. The Morgan fingerprint density at radius 2 is 1.67 bits per heavy atom. The zero-order valence-electron chi connectivity index (χ0n) is 11.6. The first-order valence-electron chi connectivity index (χ1n) is 5.68. The highest BCUT2D eigenvalue weighted by Crippen LogP contribution is 2.24. The molecule has 0 fully saturated rings. The molecule has 1 rings (SSSR count). The first kappa shape index (κ1) is 14.3. The molecule has 18 heavy (non-hydrogen) atoms. The molecule has 1 heterocycles. The quantitative estimate of drug-likeness (QED) is 0.895. The maximum atomic E-state index is 12.4. The van der Waals surface area contributed by atoms with Crippen molar-refractivity contribution in [1.29, 1.82) is 0 Å².